The highest BCUT2D eigenvalue weighted by Gasteiger charge is 2.22. The van der Waals surface area contributed by atoms with Crippen molar-refractivity contribution in [3.63, 3.8) is 0 Å². The van der Waals surface area contributed by atoms with Crippen LogP contribution < -0.4 is 16.4 Å². The molecule has 0 unspecified atom stereocenters. The Morgan fingerprint density at radius 1 is 0.875 bits per heavy atom. The monoisotopic (exact) mass is 344 g/mol. The number of hydrogen-bond acceptors (Lipinski definition) is 8. The number of oxime groups is 2. The van der Waals surface area contributed by atoms with Gasteiger partial charge in [-0.25, -0.2) is 0 Å². The first-order valence-corrected chi connectivity index (χ1v) is 8.41. The lowest BCUT2D eigenvalue weighted by molar-refractivity contribution is 0.263. The zero-order valence-electron chi connectivity index (χ0n) is 16.1. The van der Waals surface area contributed by atoms with E-state index < -0.39 is 0 Å². The Kier molecular flexibility index (Phi) is 10.1. The second-order valence-corrected chi connectivity index (χ2v) is 7.10. The molecular formula is C16H36N6O2. The van der Waals surface area contributed by atoms with Crippen molar-refractivity contribution < 1.29 is 10.4 Å². The Morgan fingerprint density at radius 3 is 1.54 bits per heavy atom. The van der Waals surface area contributed by atoms with Gasteiger partial charge < -0.3 is 26.8 Å². The standard InChI is InChI=1S/C16H36N6O2/c1-13(20-23)15(3,4)18-8-11-22(10-7-17)12-9-19-16(5,6)14(2)21-24/h18-19,23-24H,7-12,17H2,1-6H3/b20-13+,21-14+. The predicted octanol–water partition coefficient (Wildman–Crippen LogP) is 0.684. The summed E-state index contributed by atoms with van der Waals surface area (Å²) in [5, 5.41) is 31.1. The van der Waals surface area contributed by atoms with Gasteiger partial charge in [0.2, 0.25) is 0 Å². The molecule has 0 saturated heterocycles. The van der Waals surface area contributed by atoms with Crippen LogP contribution in [0.15, 0.2) is 10.3 Å². The van der Waals surface area contributed by atoms with Crippen LogP contribution in [-0.2, 0) is 0 Å². The predicted molar refractivity (Wildman–Crippen MR) is 99.4 cm³/mol. The van der Waals surface area contributed by atoms with Crippen molar-refractivity contribution in [2.24, 2.45) is 16.0 Å². The van der Waals surface area contributed by atoms with Gasteiger partial charge in [-0.15, -0.1) is 0 Å². The topological polar surface area (TPSA) is 119 Å². The summed E-state index contributed by atoms with van der Waals surface area (Å²) in [5.74, 6) is 0. The number of rotatable bonds is 12. The highest BCUT2D eigenvalue weighted by molar-refractivity contribution is 5.90. The van der Waals surface area contributed by atoms with E-state index in [1.807, 2.05) is 27.7 Å². The third kappa shape index (κ3) is 8.05. The molecule has 0 atom stereocenters. The number of nitrogens with one attached hydrogen (secondary N) is 2. The molecule has 0 aliphatic rings. The summed E-state index contributed by atoms with van der Waals surface area (Å²) in [6, 6.07) is 0. The van der Waals surface area contributed by atoms with E-state index in [4.69, 9.17) is 16.1 Å². The van der Waals surface area contributed by atoms with Gasteiger partial charge in [0.25, 0.3) is 0 Å². The molecule has 142 valence electrons. The zero-order valence-corrected chi connectivity index (χ0v) is 16.1. The fourth-order valence-corrected chi connectivity index (χ4v) is 2.08. The van der Waals surface area contributed by atoms with Crippen molar-refractivity contribution in [1.82, 2.24) is 15.5 Å². The number of nitrogens with two attached hydrogens (primary N) is 1. The molecule has 0 rings (SSSR count). The van der Waals surface area contributed by atoms with Crippen LogP contribution in [0.3, 0.4) is 0 Å². The third-order valence-electron chi connectivity index (χ3n) is 4.54. The van der Waals surface area contributed by atoms with Crippen LogP contribution in [0.25, 0.3) is 0 Å². The lowest BCUT2D eigenvalue weighted by atomic mass is 9.99. The molecule has 8 heteroatoms. The molecule has 0 amide bonds. The van der Waals surface area contributed by atoms with Crippen LogP contribution in [0, 0.1) is 0 Å². The summed E-state index contributed by atoms with van der Waals surface area (Å²) >= 11 is 0. The molecule has 0 aromatic heterocycles. The molecule has 0 spiro atoms. The summed E-state index contributed by atoms with van der Waals surface area (Å²) in [5.41, 5.74) is 6.30. The first-order chi connectivity index (χ1) is 11.1. The van der Waals surface area contributed by atoms with Crippen LogP contribution in [0.5, 0.6) is 0 Å². The molecule has 0 fully saturated rings. The second-order valence-electron chi connectivity index (χ2n) is 7.10. The Balaban J connectivity index is 4.37. The minimum atomic E-state index is -0.349. The third-order valence-corrected chi connectivity index (χ3v) is 4.54. The summed E-state index contributed by atoms with van der Waals surface area (Å²) in [6.45, 7) is 16.1. The van der Waals surface area contributed by atoms with Crippen LogP contribution in [-0.4, -0.2) is 77.1 Å². The van der Waals surface area contributed by atoms with Crippen molar-refractivity contribution in [3.8, 4) is 0 Å². The van der Waals surface area contributed by atoms with E-state index in [1.165, 1.54) is 0 Å². The fourth-order valence-electron chi connectivity index (χ4n) is 2.08. The lowest BCUT2D eigenvalue weighted by Crippen LogP contribution is -2.51. The van der Waals surface area contributed by atoms with Gasteiger partial charge in [-0.3, -0.25) is 4.90 Å². The largest absolute Gasteiger partial charge is 0.411 e. The van der Waals surface area contributed by atoms with Crippen molar-refractivity contribution in [1.29, 1.82) is 0 Å². The van der Waals surface area contributed by atoms with Crippen LogP contribution in [0.2, 0.25) is 0 Å². The van der Waals surface area contributed by atoms with Gasteiger partial charge in [0.15, 0.2) is 0 Å². The molecule has 0 saturated carbocycles. The fraction of sp³-hybridized carbons (Fsp3) is 0.875. The molecular weight excluding hydrogens is 308 g/mol. The molecule has 8 nitrogen and oxygen atoms in total. The smallest absolute Gasteiger partial charge is 0.0734 e. The molecule has 0 heterocycles. The quantitative estimate of drug-likeness (QED) is 0.202. The number of nitrogens with zero attached hydrogens (tertiary/aromatic N) is 3. The average Bonchev–Trinajstić information content (AvgIpc) is 2.52. The molecule has 0 aliphatic heterocycles. The van der Waals surface area contributed by atoms with Crippen LogP contribution >= 0.6 is 0 Å². The first kappa shape index (κ1) is 22.8. The Hall–Kier alpha value is -1.22. The van der Waals surface area contributed by atoms with Crippen molar-refractivity contribution in [2.75, 3.05) is 39.3 Å². The van der Waals surface area contributed by atoms with Gasteiger partial charge in [0.1, 0.15) is 0 Å². The maximum atomic E-state index is 8.91. The average molecular weight is 345 g/mol. The van der Waals surface area contributed by atoms with Gasteiger partial charge in [0.05, 0.1) is 22.5 Å². The molecule has 24 heavy (non-hydrogen) atoms. The van der Waals surface area contributed by atoms with Crippen molar-refractivity contribution >= 4 is 11.4 Å². The normalized spacial score (nSPS) is 14.5. The van der Waals surface area contributed by atoms with E-state index in [2.05, 4.69) is 25.8 Å². The SMILES string of the molecule is C/C(=N\O)C(C)(C)NCCN(CCN)CCNC(C)(C)/C(C)=N/O. The van der Waals surface area contributed by atoms with E-state index in [1.54, 1.807) is 13.8 Å². The maximum Gasteiger partial charge on any atom is 0.0734 e. The van der Waals surface area contributed by atoms with E-state index in [9.17, 15) is 0 Å². The summed E-state index contributed by atoms with van der Waals surface area (Å²) in [4.78, 5) is 2.27. The molecule has 0 aromatic rings. The number of hydrogen-bond donors (Lipinski definition) is 5. The minimum Gasteiger partial charge on any atom is -0.411 e. The van der Waals surface area contributed by atoms with Gasteiger partial charge in [-0.2, -0.15) is 0 Å². The van der Waals surface area contributed by atoms with Gasteiger partial charge in [-0.1, -0.05) is 10.3 Å². The minimum absolute atomic E-state index is 0.349. The molecule has 0 radical (unpaired) electrons. The molecule has 0 aliphatic carbocycles. The van der Waals surface area contributed by atoms with E-state index in [0.29, 0.717) is 18.0 Å². The molecule has 0 aromatic carbocycles. The molecule has 0 bridgehead atoms. The Labute approximate surface area is 146 Å². The summed E-state index contributed by atoms with van der Waals surface area (Å²) in [6.07, 6.45) is 0. The van der Waals surface area contributed by atoms with Crippen LogP contribution in [0.4, 0.5) is 0 Å². The Morgan fingerprint density at radius 2 is 1.25 bits per heavy atom. The maximum absolute atomic E-state index is 8.91. The zero-order chi connectivity index (χ0) is 18.8. The van der Waals surface area contributed by atoms with Gasteiger partial charge in [0, 0.05) is 39.3 Å². The molecule has 6 N–H and O–H groups in total. The summed E-state index contributed by atoms with van der Waals surface area (Å²) in [7, 11) is 0. The second kappa shape index (κ2) is 10.6. The van der Waals surface area contributed by atoms with Crippen molar-refractivity contribution in [2.45, 2.75) is 52.6 Å². The highest BCUT2D eigenvalue weighted by atomic mass is 16.4. The Bertz CT molecular complexity index is 385. The first-order valence-electron chi connectivity index (χ1n) is 8.41. The van der Waals surface area contributed by atoms with E-state index in [0.717, 1.165) is 32.7 Å². The van der Waals surface area contributed by atoms with Crippen molar-refractivity contribution in [3.05, 3.63) is 0 Å². The lowest BCUT2D eigenvalue weighted by Gasteiger charge is -2.30. The van der Waals surface area contributed by atoms with Gasteiger partial charge in [-0.05, 0) is 41.5 Å². The van der Waals surface area contributed by atoms with E-state index in [-0.39, 0.29) is 11.1 Å². The summed E-state index contributed by atoms with van der Waals surface area (Å²) < 4.78 is 0. The van der Waals surface area contributed by atoms with Gasteiger partial charge >= 0.3 is 0 Å². The van der Waals surface area contributed by atoms with Crippen LogP contribution in [0.1, 0.15) is 41.5 Å². The van der Waals surface area contributed by atoms with E-state index >= 15 is 0 Å². The highest BCUT2D eigenvalue weighted by Crippen LogP contribution is 2.06.